The maximum Gasteiger partial charge on any atom is 0.331 e. The highest BCUT2D eigenvalue weighted by molar-refractivity contribution is 5.87. The summed E-state index contributed by atoms with van der Waals surface area (Å²) in [7, 11) is 1.47. The fourth-order valence-corrected chi connectivity index (χ4v) is 2.07. The van der Waals surface area contributed by atoms with E-state index >= 15 is 0 Å². The molecule has 1 aromatic carbocycles. The van der Waals surface area contributed by atoms with E-state index in [4.69, 9.17) is 9.47 Å². The number of phenols is 1. The van der Waals surface area contributed by atoms with Crippen molar-refractivity contribution < 1.29 is 19.4 Å². The van der Waals surface area contributed by atoms with Gasteiger partial charge in [0.15, 0.2) is 11.5 Å². The lowest BCUT2D eigenvalue weighted by Crippen LogP contribution is -2.28. The average molecular weight is 330 g/mol. The van der Waals surface area contributed by atoms with E-state index in [-0.39, 0.29) is 5.75 Å². The second-order valence-corrected chi connectivity index (χ2v) is 6.02. The van der Waals surface area contributed by atoms with Gasteiger partial charge in [0, 0.05) is 6.08 Å². The fourth-order valence-electron chi connectivity index (χ4n) is 2.07. The Hall–Kier alpha value is -2.49. The molecule has 0 amide bonds. The molecule has 0 aliphatic heterocycles. The van der Waals surface area contributed by atoms with Gasteiger partial charge in [0.25, 0.3) is 0 Å². The third-order valence-corrected chi connectivity index (χ3v) is 3.57. The lowest BCUT2D eigenvalue weighted by atomic mass is 9.99. The molecule has 0 heterocycles. The second-order valence-electron chi connectivity index (χ2n) is 6.02. The number of hydrogen-bond acceptors (Lipinski definition) is 4. The van der Waals surface area contributed by atoms with Gasteiger partial charge in [-0.2, -0.15) is 0 Å². The number of allylic oxidation sites excluding steroid dienone is 2. The molecule has 4 nitrogen and oxygen atoms in total. The van der Waals surface area contributed by atoms with E-state index in [1.165, 1.54) is 24.8 Å². The summed E-state index contributed by atoms with van der Waals surface area (Å²) in [5.41, 5.74) is 1.25. The van der Waals surface area contributed by atoms with Crippen molar-refractivity contribution in [2.75, 3.05) is 7.11 Å². The molecule has 1 unspecified atom stereocenters. The zero-order valence-electron chi connectivity index (χ0n) is 14.8. The monoisotopic (exact) mass is 330 g/mol. The summed E-state index contributed by atoms with van der Waals surface area (Å²) in [5, 5.41) is 9.56. The highest BCUT2D eigenvalue weighted by Gasteiger charge is 2.23. The molecule has 0 bridgehead atoms. The molecule has 1 rings (SSSR count). The minimum atomic E-state index is -0.708. The van der Waals surface area contributed by atoms with Gasteiger partial charge >= 0.3 is 5.97 Å². The first kappa shape index (κ1) is 19.6. The first-order valence-corrected chi connectivity index (χ1v) is 7.84. The Balaban J connectivity index is 2.72. The van der Waals surface area contributed by atoms with Crippen molar-refractivity contribution in [3.63, 3.8) is 0 Å². The molecule has 0 spiro atoms. The molecule has 0 radical (unpaired) electrons. The largest absolute Gasteiger partial charge is 0.504 e. The Morgan fingerprint density at radius 2 is 2.08 bits per heavy atom. The molecule has 0 saturated carbocycles. The molecule has 130 valence electrons. The molecule has 24 heavy (non-hydrogen) atoms. The van der Waals surface area contributed by atoms with E-state index in [1.54, 1.807) is 24.3 Å². The molecule has 1 atom stereocenters. The van der Waals surface area contributed by atoms with Gasteiger partial charge in [-0.1, -0.05) is 24.3 Å². The Morgan fingerprint density at radius 1 is 1.38 bits per heavy atom. The summed E-state index contributed by atoms with van der Waals surface area (Å²) in [6, 6.07) is 4.83. The summed E-state index contributed by atoms with van der Waals surface area (Å²) >= 11 is 0. The van der Waals surface area contributed by atoms with Crippen LogP contribution in [0, 0.1) is 0 Å². The van der Waals surface area contributed by atoms with Crippen LogP contribution in [0.25, 0.3) is 6.08 Å². The van der Waals surface area contributed by atoms with E-state index in [9.17, 15) is 9.90 Å². The number of rotatable bonds is 8. The lowest BCUT2D eigenvalue weighted by Gasteiger charge is -2.25. The van der Waals surface area contributed by atoms with Crippen molar-refractivity contribution in [3.05, 3.63) is 54.1 Å². The summed E-state index contributed by atoms with van der Waals surface area (Å²) < 4.78 is 10.6. The van der Waals surface area contributed by atoms with Crippen LogP contribution in [0.15, 0.2) is 48.6 Å². The van der Waals surface area contributed by atoms with Crippen molar-refractivity contribution in [2.24, 2.45) is 0 Å². The molecule has 1 aromatic rings. The van der Waals surface area contributed by atoms with Crippen LogP contribution in [-0.2, 0) is 9.53 Å². The molecule has 0 aromatic heterocycles. The SMILES string of the molecule is C=CC(C)(CCC=C(C)C)OC(=O)C=Cc1ccc(O)c(OC)c1. The van der Waals surface area contributed by atoms with Gasteiger partial charge in [-0.05, 0) is 63.5 Å². The van der Waals surface area contributed by atoms with Gasteiger partial charge in [-0.25, -0.2) is 4.79 Å². The molecule has 0 fully saturated rings. The minimum Gasteiger partial charge on any atom is -0.504 e. The topological polar surface area (TPSA) is 55.8 Å². The van der Waals surface area contributed by atoms with Crippen LogP contribution in [0.3, 0.4) is 0 Å². The number of carbonyl (C=O) groups excluding carboxylic acids is 1. The molecule has 1 N–H and O–H groups in total. The van der Waals surface area contributed by atoms with Crippen LogP contribution in [0.1, 0.15) is 39.2 Å². The number of aromatic hydroxyl groups is 1. The van der Waals surface area contributed by atoms with Gasteiger partial charge < -0.3 is 14.6 Å². The van der Waals surface area contributed by atoms with Crippen LogP contribution >= 0.6 is 0 Å². The quantitative estimate of drug-likeness (QED) is 0.428. The number of benzene rings is 1. The van der Waals surface area contributed by atoms with Gasteiger partial charge in [-0.3, -0.25) is 0 Å². The van der Waals surface area contributed by atoms with Crippen LogP contribution in [0.4, 0.5) is 0 Å². The summed E-state index contributed by atoms with van der Waals surface area (Å²) in [5.74, 6) is -0.0412. The van der Waals surface area contributed by atoms with Gasteiger partial charge in [0.05, 0.1) is 7.11 Å². The lowest BCUT2D eigenvalue weighted by molar-refractivity contribution is -0.147. The normalized spacial score (nSPS) is 13.2. The van der Waals surface area contributed by atoms with E-state index in [1.807, 2.05) is 20.8 Å². The Bertz CT molecular complexity index is 639. The van der Waals surface area contributed by atoms with Crippen molar-refractivity contribution in [3.8, 4) is 11.5 Å². The minimum absolute atomic E-state index is 0.0516. The van der Waals surface area contributed by atoms with Crippen molar-refractivity contribution in [2.45, 2.75) is 39.2 Å². The third kappa shape index (κ3) is 6.32. The smallest absolute Gasteiger partial charge is 0.331 e. The van der Waals surface area contributed by atoms with E-state index in [0.717, 1.165) is 12.0 Å². The zero-order chi connectivity index (χ0) is 18.2. The van der Waals surface area contributed by atoms with Gasteiger partial charge in [0.1, 0.15) is 5.60 Å². The number of phenolic OH excluding ortho intramolecular Hbond substituents is 1. The number of carbonyl (C=O) groups is 1. The van der Waals surface area contributed by atoms with Crippen molar-refractivity contribution in [1.29, 1.82) is 0 Å². The maximum absolute atomic E-state index is 12.1. The Morgan fingerprint density at radius 3 is 2.67 bits per heavy atom. The van der Waals surface area contributed by atoms with Crippen LogP contribution < -0.4 is 4.74 Å². The van der Waals surface area contributed by atoms with E-state index in [0.29, 0.717) is 12.2 Å². The standard InChI is InChI=1S/C20H26O4/c1-6-20(4,13-7-8-15(2)3)24-19(22)12-10-16-9-11-17(21)18(14-16)23-5/h6,8-12,14,21H,1,7,13H2,2-5H3. The van der Waals surface area contributed by atoms with E-state index in [2.05, 4.69) is 12.7 Å². The van der Waals surface area contributed by atoms with Crippen LogP contribution in [-0.4, -0.2) is 23.8 Å². The average Bonchev–Trinajstić information content (AvgIpc) is 2.53. The molecule has 0 aliphatic carbocycles. The maximum atomic E-state index is 12.1. The third-order valence-electron chi connectivity index (χ3n) is 3.57. The fraction of sp³-hybridized carbons (Fsp3) is 0.350. The first-order valence-electron chi connectivity index (χ1n) is 7.84. The predicted octanol–water partition coefficient (Wildman–Crippen LogP) is 4.65. The van der Waals surface area contributed by atoms with Crippen molar-refractivity contribution >= 4 is 12.0 Å². The van der Waals surface area contributed by atoms with Crippen LogP contribution in [0.2, 0.25) is 0 Å². The number of esters is 1. The Kier molecular flexibility index (Phi) is 7.31. The molecular weight excluding hydrogens is 304 g/mol. The highest BCUT2D eigenvalue weighted by Crippen LogP contribution is 2.27. The van der Waals surface area contributed by atoms with Crippen molar-refractivity contribution in [1.82, 2.24) is 0 Å². The number of methoxy groups -OCH3 is 1. The molecule has 4 heteroatoms. The highest BCUT2D eigenvalue weighted by atomic mass is 16.6. The predicted molar refractivity (Wildman–Crippen MR) is 97.1 cm³/mol. The molecule has 0 saturated heterocycles. The summed E-state index contributed by atoms with van der Waals surface area (Å²) in [6.07, 6.45) is 8.22. The van der Waals surface area contributed by atoms with Gasteiger partial charge in [-0.15, -0.1) is 0 Å². The zero-order valence-corrected chi connectivity index (χ0v) is 14.8. The number of ether oxygens (including phenoxy) is 2. The van der Waals surface area contributed by atoms with E-state index < -0.39 is 11.6 Å². The second kappa shape index (κ2) is 8.96. The first-order chi connectivity index (χ1) is 11.3. The summed E-state index contributed by atoms with van der Waals surface area (Å²) in [6.45, 7) is 9.68. The molecule has 0 aliphatic rings. The van der Waals surface area contributed by atoms with Gasteiger partial charge in [0.2, 0.25) is 0 Å². The van der Waals surface area contributed by atoms with Crippen LogP contribution in [0.5, 0.6) is 11.5 Å². The summed E-state index contributed by atoms with van der Waals surface area (Å²) in [4.78, 5) is 12.1. The Labute approximate surface area is 144 Å². The number of hydrogen-bond donors (Lipinski definition) is 1. The molecular formula is C20H26O4.